The van der Waals surface area contributed by atoms with E-state index in [2.05, 4.69) is 59.9 Å². The molecule has 1 aliphatic carbocycles. The Bertz CT molecular complexity index is 2420. The van der Waals surface area contributed by atoms with Gasteiger partial charge in [-0.05, 0) is 135 Å². The van der Waals surface area contributed by atoms with Crippen LogP contribution < -0.4 is 5.32 Å². The van der Waals surface area contributed by atoms with Crippen LogP contribution in [-0.2, 0) is 44.4 Å². The number of esters is 1. The molecule has 2 aromatic carbocycles. The quantitative estimate of drug-likeness (QED) is 0.0463. The summed E-state index contributed by atoms with van der Waals surface area (Å²) in [5, 5.41) is 63.5. The maximum Gasteiger partial charge on any atom is 0.311 e. The third-order valence-electron chi connectivity index (χ3n) is 17.1. The molecule has 17 heteroatoms. The summed E-state index contributed by atoms with van der Waals surface area (Å²) in [6, 6.07) is 18.1. The number of nitrogens with zero attached hydrogens (tertiary/aromatic N) is 2. The van der Waals surface area contributed by atoms with Gasteiger partial charge in [0.25, 0.3) is 0 Å². The second kappa shape index (κ2) is 25.4. The Hall–Kier alpha value is -3.66. The minimum atomic E-state index is -1.93. The molecule has 4 heterocycles. The number of methoxy groups -OCH3 is 1. The van der Waals surface area contributed by atoms with Crippen LogP contribution in [0.1, 0.15) is 117 Å². The summed E-state index contributed by atoms with van der Waals surface area (Å²) in [5.74, 6) is -3.15. The van der Waals surface area contributed by atoms with Crippen molar-refractivity contribution in [2.75, 3.05) is 40.8 Å². The molecule has 77 heavy (non-hydrogen) atoms. The number of cyclic esters (lactones) is 1. The maximum absolute atomic E-state index is 14.7. The number of thiophene rings is 1. The van der Waals surface area contributed by atoms with E-state index in [0.717, 1.165) is 16.9 Å². The van der Waals surface area contributed by atoms with Crippen LogP contribution >= 0.6 is 11.3 Å². The second-order valence-corrected chi connectivity index (χ2v) is 24.7. The molecule has 7 rings (SSSR count). The number of aliphatic hydroxyl groups is 5. The second-order valence-electron chi connectivity index (χ2n) is 23.6. The van der Waals surface area contributed by atoms with Gasteiger partial charge in [-0.3, -0.25) is 14.5 Å². The van der Waals surface area contributed by atoms with Crippen molar-refractivity contribution in [3.63, 3.8) is 0 Å². The van der Waals surface area contributed by atoms with E-state index in [0.29, 0.717) is 32.5 Å². The van der Waals surface area contributed by atoms with Gasteiger partial charge in [-0.2, -0.15) is 0 Å². The standard InChI is InChI=1S/C60H89N3O13S/c1-14-47-60(10,70)53(66)38(6)63(27-19-26-61-48(64)25-24-42-30-45-43-22-17-15-20-40(43)29-41-21-16-18-23-44(41)52(45)77-42)33-34(2)31-58(8,69)55(76-57-50(65)46(62(11)12)28-35(3)72-57)36(4)51(37(5)56(68)74-47)75-49-32-59(9,71-13)54(67)39(7)73-49/h15-18,20-25,30,34-39,46-47,49-51,53-55,57,65-67,69-70H,14,19,26-29,31-33H2,1-13H3,(H,61,64)/t34-,35-,36+,37-,38-,39+,46+,47-,49+,50-,51+,53-,54+,55-,57+,58-,59-,60-/m1/s1. The lowest BCUT2D eigenvalue weighted by Crippen LogP contribution is -2.60. The monoisotopic (exact) mass is 1090 g/mol. The van der Waals surface area contributed by atoms with Gasteiger partial charge in [-0.15, -0.1) is 11.3 Å². The lowest BCUT2D eigenvalue weighted by Gasteiger charge is -2.48. The molecule has 18 atom stereocenters. The van der Waals surface area contributed by atoms with Gasteiger partial charge in [-0.1, -0.05) is 69.3 Å². The lowest BCUT2D eigenvalue weighted by molar-refractivity contribution is -0.318. The molecule has 428 valence electrons. The number of fused-ring (bicyclic) bond motifs is 5. The number of hydrogen-bond acceptors (Lipinski definition) is 16. The number of ether oxygens (including phenoxy) is 6. The van der Waals surface area contributed by atoms with E-state index in [9.17, 15) is 35.1 Å². The van der Waals surface area contributed by atoms with Crippen molar-refractivity contribution in [3.8, 4) is 21.6 Å². The molecule has 0 spiro atoms. The molecule has 1 amide bonds. The molecule has 6 N–H and O–H groups in total. The summed E-state index contributed by atoms with van der Waals surface area (Å²) in [5.41, 5.74) is 1.43. The Morgan fingerprint density at radius 3 is 2.23 bits per heavy atom. The van der Waals surface area contributed by atoms with Crippen LogP contribution in [0.25, 0.3) is 27.6 Å². The predicted octanol–water partition coefficient (Wildman–Crippen LogP) is 6.79. The molecule has 16 nitrogen and oxygen atoms in total. The van der Waals surface area contributed by atoms with E-state index < -0.39 is 96.0 Å². The van der Waals surface area contributed by atoms with Gasteiger partial charge in [0.05, 0.1) is 41.5 Å². The Morgan fingerprint density at radius 2 is 1.57 bits per heavy atom. The SMILES string of the molecule is CC[C@H]1OC(=O)[C@H](C)[C@@H](O[C@H]2C[C@@](C)(OC)[C@@H](O)[C@H](C)O2)[C@H](C)[C@@H](O[C@@H]2O[C@H](C)C[C@H](N(C)C)[C@H]2O)[C@](C)(O)C[C@@H](C)CN(CCCNC(=O)C=Cc2cc3c(s2)-c2ccccc2Cc2ccccc2-3)[C@H](C)[C@@H](O)[C@]1(C)O. The Kier molecular flexibility index (Phi) is 20.1. The van der Waals surface area contributed by atoms with Gasteiger partial charge in [0, 0.05) is 72.6 Å². The number of benzene rings is 2. The van der Waals surface area contributed by atoms with Gasteiger partial charge in [-0.25, -0.2) is 0 Å². The number of amides is 1. The highest BCUT2D eigenvalue weighted by Gasteiger charge is 2.53. The number of likely N-dealkylation sites (N-methyl/N-ethyl adjacent to an activating group) is 1. The molecule has 0 unspecified atom stereocenters. The average molecular weight is 1090 g/mol. The normalized spacial score (nSPS) is 37.7. The van der Waals surface area contributed by atoms with Crippen LogP contribution in [-0.4, -0.2) is 178 Å². The molecule has 1 aromatic heterocycles. The average Bonchev–Trinajstić information content (AvgIpc) is 3.77. The molecule has 0 saturated carbocycles. The zero-order chi connectivity index (χ0) is 56.3. The summed E-state index contributed by atoms with van der Waals surface area (Å²) in [7, 11) is 5.27. The molecule has 3 saturated heterocycles. The van der Waals surface area contributed by atoms with Gasteiger partial charge in [0.2, 0.25) is 5.91 Å². The van der Waals surface area contributed by atoms with Crippen LogP contribution in [0, 0.1) is 17.8 Å². The molecular weight excluding hydrogens is 1000 g/mol. The highest BCUT2D eigenvalue weighted by atomic mass is 32.1. The van der Waals surface area contributed by atoms with E-state index in [1.807, 2.05) is 57.7 Å². The predicted molar refractivity (Wildman–Crippen MR) is 298 cm³/mol. The smallest absolute Gasteiger partial charge is 0.311 e. The van der Waals surface area contributed by atoms with Crippen molar-refractivity contribution in [2.24, 2.45) is 17.8 Å². The fraction of sp³-hybridized carbons (Fsp3) is 0.667. The van der Waals surface area contributed by atoms with E-state index >= 15 is 0 Å². The van der Waals surface area contributed by atoms with Crippen molar-refractivity contribution < 1.29 is 63.5 Å². The van der Waals surface area contributed by atoms with Crippen LogP contribution in [0.5, 0.6) is 0 Å². The molecule has 0 radical (unpaired) electrons. The number of rotatable bonds is 13. The number of carbonyl (C=O) groups is 2. The van der Waals surface area contributed by atoms with Crippen LogP contribution in [0.15, 0.2) is 60.7 Å². The van der Waals surface area contributed by atoms with Crippen molar-refractivity contribution in [1.82, 2.24) is 15.1 Å². The fourth-order valence-corrected chi connectivity index (χ4v) is 13.7. The topological polar surface area (TPSA) is 209 Å². The van der Waals surface area contributed by atoms with E-state index in [4.69, 9.17) is 28.4 Å². The van der Waals surface area contributed by atoms with E-state index in [1.165, 1.54) is 41.2 Å². The number of hydrogen-bond donors (Lipinski definition) is 6. The van der Waals surface area contributed by atoms with Crippen molar-refractivity contribution >= 4 is 29.3 Å². The third kappa shape index (κ3) is 13.7. The van der Waals surface area contributed by atoms with Gasteiger partial charge >= 0.3 is 5.97 Å². The lowest BCUT2D eigenvalue weighted by atomic mass is 9.77. The van der Waals surface area contributed by atoms with Crippen molar-refractivity contribution in [1.29, 1.82) is 0 Å². The number of aliphatic hydroxyl groups excluding tert-OH is 3. The first kappa shape index (κ1) is 61.0. The largest absolute Gasteiger partial charge is 0.459 e. The van der Waals surface area contributed by atoms with Crippen molar-refractivity contribution in [2.45, 2.75) is 198 Å². The van der Waals surface area contributed by atoms with Gasteiger partial charge in [0.15, 0.2) is 12.6 Å². The summed E-state index contributed by atoms with van der Waals surface area (Å²) < 4.78 is 38.3. The zero-order valence-corrected chi connectivity index (χ0v) is 48.5. The number of carbonyl (C=O) groups excluding carboxylic acids is 2. The first-order valence-electron chi connectivity index (χ1n) is 27.8. The zero-order valence-electron chi connectivity index (χ0n) is 47.7. The summed E-state index contributed by atoms with van der Waals surface area (Å²) in [6.45, 7) is 18.6. The Labute approximate surface area is 461 Å². The van der Waals surface area contributed by atoms with Gasteiger partial charge < -0.3 is 64.2 Å². The third-order valence-corrected chi connectivity index (χ3v) is 18.2. The highest BCUT2D eigenvalue weighted by molar-refractivity contribution is 7.17. The first-order chi connectivity index (χ1) is 36.3. The van der Waals surface area contributed by atoms with E-state index in [1.54, 1.807) is 52.0 Å². The van der Waals surface area contributed by atoms with Crippen LogP contribution in [0.3, 0.4) is 0 Å². The van der Waals surface area contributed by atoms with Gasteiger partial charge in [0.1, 0.15) is 30.0 Å². The Morgan fingerprint density at radius 1 is 0.909 bits per heavy atom. The molecular formula is C60H89N3O13S. The van der Waals surface area contributed by atoms with Crippen molar-refractivity contribution in [3.05, 3.63) is 76.7 Å². The number of nitrogens with one attached hydrogen (secondary N) is 1. The highest BCUT2D eigenvalue weighted by Crippen LogP contribution is 2.46. The summed E-state index contributed by atoms with van der Waals surface area (Å²) in [4.78, 5) is 34.2. The molecule has 3 aliphatic heterocycles. The Balaban J connectivity index is 1.14. The molecule has 4 aliphatic rings. The van der Waals surface area contributed by atoms with Crippen LogP contribution in [0.2, 0.25) is 0 Å². The molecule has 3 fully saturated rings. The maximum atomic E-state index is 14.7. The molecule has 0 bridgehead atoms. The summed E-state index contributed by atoms with van der Waals surface area (Å²) >= 11 is 1.66. The van der Waals surface area contributed by atoms with E-state index in [-0.39, 0.29) is 43.2 Å². The van der Waals surface area contributed by atoms with Crippen LogP contribution in [0.4, 0.5) is 0 Å². The first-order valence-corrected chi connectivity index (χ1v) is 28.6. The summed E-state index contributed by atoms with van der Waals surface area (Å²) in [6.07, 6.45) is -4.35. The fourth-order valence-electron chi connectivity index (χ4n) is 12.5. The minimum Gasteiger partial charge on any atom is -0.459 e. The molecule has 3 aromatic rings. The minimum absolute atomic E-state index is 0.0976.